The van der Waals surface area contributed by atoms with E-state index in [2.05, 4.69) is 5.32 Å². The Labute approximate surface area is 164 Å². The topological polar surface area (TPSA) is 72.5 Å². The highest BCUT2D eigenvalue weighted by Crippen LogP contribution is 2.24. The molecule has 0 aromatic heterocycles. The van der Waals surface area contributed by atoms with Crippen molar-refractivity contribution in [3.05, 3.63) is 95.6 Å². The number of hydrogen-bond donors (Lipinski definition) is 1. The Morgan fingerprint density at radius 1 is 0.857 bits per heavy atom. The van der Waals surface area contributed by atoms with Crippen LogP contribution in [0.3, 0.4) is 0 Å². The van der Waals surface area contributed by atoms with Gasteiger partial charge in [-0.3, -0.25) is 4.79 Å². The zero-order chi connectivity index (χ0) is 20.1. The second-order valence-electron chi connectivity index (χ2n) is 6.39. The molecule has 3 aromatic rings. The molecule has 3 aromatic carbocycles. The Hall–Kier alpha value is -3.12. The molecule has 1 amide bonds. The van der Waals surface area contributed by atoms with Crippen LogP contribution >= 0.6 is 0 Å². The first kappa shape index (κ1) is 19.6. The molecule has 0 aliphatic rings. The molecule has 0 aliphatic heterocycles. The third-order valence-electron chi connectivity index (χ3n) is 4.40. The minimum Gasteiger partial charge on any atom is -0.497 e. The number of rotatable bonds is 6. The second-order valence-corrected chi connectivity index (χ2v) is 8.40. The molecule has 0 radical (unpaired) electrons. The van der Waals surface area contributed by atoms with E-state index in [9.17, 15) is 13.2 Å². The highest BCUT2D eigenvalue weighted by atomic mass is 32.2. The van der Waals surface area contributed by atoms with Crippen LogP contribution in [0.15, 0.2) is 83.8 Å². The molecule has 0 saturated heterocycles. The summed E-state index contributed by atoms with van der Waals surface area (Å²) >= 11 is 0. The van der Waals surface area contributed by atoms with Gasteiger partial charge in [0.15, 0.2) is 9.84 Å². The van der Waals surface area contributed by atoms with Gasteiger partial charge in [0, 0.05) is 11.8 Å². The zero-order valence-corrected chi connectivity index (χ0v) is 16.4. The molecule has 1 atom stereocenters. The Balaban J connectivity index is 1.89. The summed E-state index contributed by atoms with van der Waals surface area (Å²) in [5.74, 6) is 0.447. The molecule has 0 saturated carbocycles. The molecule has 0 aliphatic carbocycles. The van der Waals surface area contributed by atoms with Crippen LogP contribution in [0.4, 0.5) is 0 Å². The van der Waals surface area contributed by atoms with Crippen molar-refractivity contribution in [1.29, 1.82) is 0 Å². The van der Waals surface area contributed by atoms with Crippen molar-refractivity contribution in [3.8, 4) is 5.75 Å². The maximum Gasteiger partial charge on any atom is 0.252 e. The molecule has 0 heterocycles. The maximum atomic E-state index is 12.8. The molecule has 0 spiro atoms. The number of ether oxygens (including phenoxy) is 1. The minimum atomic E-state index is -3.30. The molecular formula is C22H21NO4S. The van der Waals surface area contributed by atoms with Crippen LogP contribution in [0.25, 0.3) is 0 Å². The molecule has 0 fully saturated rings. The summed E-state index contributed by atoms with van der Waals surface area (Å²) in [4.78, 5) is 13.0. The van der Waals surface area contributed by atoms with Gasteiger partial charge in [0.25, 0.3) is 5.91 Å². The summed E-state index contributed by atoms with van der Waals surface area (Å²) in [6.07, 6.45) is 1.14. The van der Waals surface area contributed by atoms with E-state index in [1.54, 1.807) is 7.11 Å². The van der Waals surface area contributed by atoms with Gasteiger partial charge in [0.05, 0.1) is 18.0 Å². The molecule has 144 valence electrons. The van der Waals surface area contributed by atoms with Crippen LogP contribution in [-0.4, -0.2) is 27.7 Å². The standard InChI is InChI=1S/C22H21NO4S/c1-27-19-12-8-17(9-13-19)21(16-6-4-3-5-7-16)23-22(24)18-10-14-20(15-11-18)28(2,25)26/h3-15,21H,1-2H3,(H,23,24). The fourth-order valence-electron chi connectivity index (χ4n) is 2.87. The fraction of sp³-hybridized carbons (Fsp3) is 0.136. The fourth-order valence-corrected chi connectivity index (χ4v) is 3.50. The third kappa shape index (κ3) is 4.58. The van der Waals surface area contributed by atoms with Crippen molar-refractivity contribution in [3.63, 3.8) is 0 Å². The number of nitrogens with one attached hydrogen (secondary N) is 1. The van der Waals surface area contributed by atoms with Gasteiger partial charge >= 0.3 is 0 Å². The minimum absolute atomic E-state index is 0.179. The van der Waals surface area contributed by atoms with Crippen LogP contribution in [0.5, 0.6) is 5.75 Å². The number of sulfone groups is 1. The number of carbonyl (C=O) groups excluding carboxylic acids is 1. The highest BCUT2D eigenvalue weighted by Gasteiger charge is 2.18. The molecule has 0 bridgehead atoms. The van der Waals surface area contributed by atoms with Gasteiger partial charge in [0.2, 0.25) is 0 Å². The maximum absolute atomic E-state index is 12.8. The summed E-state index contributed by atoms with van der Waals surface area (Å²) in [7, 11) is -1.70. The lowest BCUT2D eigenvalue weighted by Crippen LogP contribution is -2.29. The first-order valence-electron chi connectivity index (χ1n) is 8.68. The van der Waals surface area contributed by atoms with Crippen LogP contribution < -0.4 is 10.1 Å². The molecule has 28 heavy (non-hydrogen) atoms. The first-order chi connectivity index (χ1) is 13.4. The SMILES string of the molecule is COc1ccc(C(NC(=O)c2ccc(S(C)(=O)=O)cc2)c2ccccc2)cc1. The number of methoxy groups -OCH3 is 1. The summed E-state index contributed by atoms with van der Waals surface area (Å²) in [5.41, 5.74) is 2.24. The largest absolute Gasteiger partial charge is 0.497 e. The molecule has 5 nitrogen and oxygen atoms in total. The van der Waals surface area contributed by atoms with E-state index in [4.69, 9.17) is 4.74 Å². The predicted molar refractivity (Wildman–Crippen MR) is 108 cm³/mol. The van der Waals surface area contributed by atoms with Crippen LogP contribution in [-0.2, 0) is 9.84 Å². The Kier molecular flexibility index (Phi) is 5.80. The van der Waals surface area contributed by atoms with Crippen LogP contribution in [0.2, 0.25) is 0 Å². The van der Waals surface area contributed by atoms with Crippen molar-refractivity contribution in [2.24, 2.45) is 0 Å². The van der Waals surface area contributed by atoms with Crippen molar-refractivity contribution in [1.82, 2.24) is 5.32 Å². The predicted octanol–water partition coefficient (Wildman–Crippen LogP) is 3.62. The Bertz CT molecular complexity index is 1040. The first-order valence-corrected chi connectivity index (χ1v) is 10.6. The molecule has 1 unspecified atom stereocenters. The molecule has 6 heteroatoms. The Morgan fingerprint density at radius 3 is 1.96 bits per heavy atom. The average Bonchev–Trinajstić information content (AvgIpc) is 2.72. The van der Waals surface area contributed by atoms with Crippen molar-refractivity contribution in [2.45, 2.75) is 10.9 Å². The monoisotopic (exact) mass is 395 g/mol. The number of amides is 1. The van der Waals surface area contributed by atoms with Crippen molar-refractivity contribution >= 4 is 15.7 Å². The molecular weight excluding hydrogens is 374 g/mol. The van der Waals surface area contributed by atoms with E-state index in [1.807, 2.05) is 54.6 Å². The van der Waals surface area contributed by atoms with Gasteiger partial charge in [-0.1, -0.05) is 42.5 Å². The van der Waals surface area contributed by atoms with E-state index >= 15 is 0 Å². The summed E-state index contributed by atoms with van der Waals surface area (Å²) in [6.45, 7) is 0. The highest BCUT2D eigenvalue weighted by molar-refractivity contribution is 7.90. The third-order valence-corrected chi connectivity index (χ3v) is 5.53. The Morgan fingerprint density at radius 2 is 1.43 bits per heavy atom. The van der Waals surface area contributed by atoms with Gasteiger partial charge in [-0.25, -0.2) is 8.42 Å². The summed E-state index contributed by atoms with van der Waals surface area (Å²) in [5, 5.41) is 3.03. The van der Waals surface area contributed by atoms with Crippen LogP contribution in [0, 0.1) is 0 Å². The summed E-state index contributed by atoms with van der Waals surface area (Å²) in [6, 6.07) is 22.7. The molecule has 1 N–H and O–H groups in total. The van der Waals surface area contributed by atoms with Gasteiger partial charge in [0.1, 0.15) is 5.75 Å². The lowest BCUT2D eigenvalue weighted by Gasteiger charge is -2.20. The molecule has 3 rings (SSSR count). The number of benzene rings is 3. The number of carbonyl (C=O) groups is 1. The van der Waals surface area contributed by atoms with Crippen molar-refractivity contribution < 1.29 is 17.9 Å². The van der Waals surface area contributed by atoms with E-state index in [1.165, 1.54) is 24.3 Å². The summed E-state index contributed by atoms with van der Waals surface area (Å²) < 4.78 is 28.4. The van der Waals surface area contributed by atoms with E-state index < -0.39 is 9.84 Å². The van der Waals surface area contributed by atoms with Gasteiger partial charge in [-0.05, 0) is 47.5 Å². The quantitative estimate of drug-likeness (QED) is 0.692. The second kappa shape index (κ2) is 8.27. The number of hydrogen-bond acceptors (Lipinski definition) is 4. The normalized spacial score (nSPS) is 12.2. The lowest BCUT2D eigenvalue weighted by atomic mass is 9.98. The van der Waals surface area contributed by atoms with Gasteiger partial charge in [-0.15, -0.1) is 0 Å². The van der Waals surface area contributed by atoms with E-state index in [0.29, 0.717) is 5.56 Å². The van der Waals surface area contributed by atoms with Gasteiger partial charge in [-0.2, -0.15) is 0 Å². The van der Waals surface area contributed by atoms with E-state index in [-0.39, 0.29) is 16.8 Å². The van der Waals surface area contributed by atoms with Gasteiger partial charge < -0.3 is 10.1 Å². The van der Waals surface area contributed by atoms with Crippen LogP contribution in [0.1, 0.15) is 27.5 Å². The zero-order valence-electron chi connectivity index (χ0n) is 15.6. The smallest absolute Gasteiger partial charge is 0.252 e. The average molecular weight is 395 g/mol. The van der Waals surface area contributed by atoms with Crippen molar-refractivity contribution in [2.75, 3.05) is 13.4 Å². The lowest BCUT2D eigenvalue weighted by molar-refractivity contribution is 0.0943. The van der Waals surface area contributed by atoms with E-state index in [0.717, 1.165) is 23.1 Å².